The number of thiazole rings is 1. The number of aryl methyl sites for hydroxylation is 2. The van der Waals surface area contributed by atoms with E-state index in [1.165, 1.54) is 22.5 Å². The maximum absolute atomic E-state index is 12.7. The second kappa shape index (κ2) is 8.10. The number of rotatable bonds is 4. The van der Waals surface area contributed by atoms with Gasteiger partial charge in [0.25, 0.3) is 5.19 Å². The minimum absolute atomic E-state index is 0.0871. The summed E-state index contributed by atoms with van der Waals surface area (Å²) in [5.41, 5.74) is 4.28. The van der Waals surface area contributed by atoms with Gasteiger partial charge in [-0.2, -0.15) is 0 Å². The van der Waals surface area contributed by atoms with E-state index in [9.17, 15) is 4.79 Å². The van der Waals surface area contributed by atoms with Crippen molar-refractivity contribution in [3.05, 3.63) is 58.1 Å². The van der Waals surface area contributed by atoms with Crippen molar-refractivity contribution >= 4 is 39.1 Å². The third-order valence-electron chi connectivity index (χ3n) is 5.26. The van der Waals surface area contributed by atoms with Gasteiger partial charge in [0.15, 0.2) is 0 Å². The van der Waals surface area contributed by atoms with Crippen LogP contribution in [-0.4, -0.2) is 35.0 Å². The van der Waals surface area contributed by atoms with E-state index in [4.69, 9.17) is 16.3 Å². The number of nitrogens with zero attached hydrogens (tertiary/aromatic N) is 2. The molecule has 0 N–H and O–H groups in total. The summed E-state index contributed by atoms with van der Waals surface area (Å²) < 4.78 is 7.12. The van der Waals surface area contributed by atoms with Gasteiger partial charge >= 0.3 is 0 Å². The van der Waals surface area contributed by atoms with E-state index in [-0.39, 0.29) is 12.0 Å². The summed E-state index contributed by atoms with van der Waals surface area (Å²) >= 11 is 7.72. The van der Waals surface area contributed by atoms with E-state index >= 15 is 0 Å². The lowest BCUT2D eigenvalue weighted by Crippen LogP contribution is -2.42. The topological polar surface area (TPSA) is 42.4 Å². The molecule has 2 aromatic carbocycles. The molecule has 0 saturated carbocycles. The molecule has 3 aromatic rings. The average Bonchev–Trinajstić information content (AvgIpc) is 3.09. The van der Waals surface area contributed by atoms with E-state index in [2.05, 4.69) is 37.0 Å². The van der Waals surface area contributed by atoms with Crippen LogP contribution in [0.15, 0.2) is 36.4 Å². The fourth-order valence-electron chi connectivity index (χ4n) is 3.58. The molecule has 1 aliphatic heterocycles. The minimum Gasteiger partial charge on any atom is -0.467 e. The molecule has 146 valence electrons. The summed E-state index contributed by atoms with van der Waals surface area (Å²) in [5, 5.41) is 1.30. The molecule has 0 spiro atoms. The molecule has 6 heteroatoms. The molecule has 1 aliphatic rings. The first-order valence-electron chi connectivity index (χ1n) is 9.55. The first-order valence-corrected chi connectivity index (χ1v) is 10.7. The van der Waals surface area contributed by atoms with Crippen LogP contribution in [0, 0.1) is 13.8 Å². The van der Waals surface area contributed by atoms with Crippen molar-refractivity contribution in [2.45, 2.75) is 39.2 Å². The molecule has 4 nitrogen and oxygen atoms in total. The van der Waals surface area contributed by atoms with Crippen LogP contribution in [0.25, 0.3) is 10.2 Å². The quantitative estimate of drug-likeness (QED) is 0.590. The number of hydrogen-bond donors (Lipinski definition) is 0. The summed E-state index contributed by atoms with van der Waals surface area (Å²) in [6, 6.07) is 12.0. The van der Waals surface area contributed by atoms with Crippen molar-refractivity contribution in [1.82, 2.24) is 9.88 Å². The zero-order valence-corrected chi connectivity index (χ0v) is 17.6. The Kier molecular flexibility index (Phi) is 5.56. The van der Waals surface area contributed by atoms with Crippen LogP contribution in [0.3, 0.4) is 0 Å². The predicted molar refractivity (Wildman–Crippen MR) is 114 cm³/mol. The van der Waals surface area contributed by atoms with Gasteiger partial charge in [-0.1, -0.05) is 52.8 Å². The Morgan fingerprint density at radius 2 is 2.04 bits per heavy atom. The van der Waals surface area contributed by atoms with Gasteiger partial charge in [0.2, 0.25) is 5.91 Å². The predicted octanol–water partition coefficient (Wildman–Crippen LogP) is 5.18. The van der Waals surface area contributed by atoms with Crippen molar-refractivity contribution in [3.63, 3.8) is 0 Å². The summed E-state index contributed by atoms with van der Waals surface area (Å²) in [6.45, 7) is 5.57. The van der Waals surface area contributed by atoms with Crippen molar-refractivity contribution in [2.24, 2.45) is 0 Å². The van der Waals surface area contributed by atoms with Crippen molar-refractivity contribution in [3.8, 4) is 5.19 Å². The summed E-state index contributed by atoms with van der Waals surface area (Å²) in [5.74, 6) is 0.193. The highest BCUT2D eigenvalue weighted by molar-refractivity contribution is 7.20. The maximum atomic E-state index is 12.7. The Morgan fingerprint density at radius 1 is 1.25 bits per heavy atom. The Hall–Kier alpha value is -2.11. The standard InChI is InChI=1S/C22H23ClN2O2S/c1-14-6-7-15(2)16(12-14)13-20(26)25-10-8-17(9-11-25)27-22-24-21-18(23)4-3-5-19(21)28-22/h3-7,12,17H,8-11,13H2,1-2H3. The Balaban J connectivity index is 1.34. The van der Waals surface area contributed by atoms with E-state index < -0.39 is 0 Å². The number of carbonyl (C=O) groups is 1. The van der Waals surface area contributed by atoms with Crippen LogP contribution in [0.2, 0.25) is 5.02 Å². The number of piperidine rings is 1. The van der Waals surface area contributed by atoms with Crippen LogP contribution in [-0.2, 0) is 11.2 Å². The van der Waals surface area contributed by atoms with Gasteiger partial charge in [-0.05, 0) is 37.1 Å². The number of halogens is 1. The number of amides is 1. The number of likely N-dealkylation sites (tertiary alicyclic amines) is 1. The number of carbonyl (C=O) groups excluding carboxylic acids is 1. The monoisotopic (exact) mass is 414 g/mol. The second-order valence-electron chi connectivity index (χ2n) is 7.37. The molecular formula is C22H23ClN2O2S. The number of hydrogen-bond acceptors (Lipinski definition) is 4. The Bertz CT molecular complexity index is 1010. The third kappa shape index (κ3) is 4.15. The number of para-hydroxylation sites is 1. The fourth-order valence-corrected chi connectivity index (χ4v) is 4.76. The van der Waals surface area contributed by atoms with Crippen molar-refractivity contribution in [1.29, 1.82) is 0 Å². The average molecular weight is 415 g/mol. The maximum Gasteiger partial charge on any atom is 0.274 e. The normalized spacial score (nSPS) is 15.2. The summed E-state index contributed by atoms with van der Waals surface area (Å²) in [6.07, 6.45) is 2.20. The molecule has 1 aromatic heterocycles. The zero-order valence-electron chi connectivity index (χ0n) is 16.1. The van der Waals surface area contributed by atoms with Gasteiger partial charge in [0.05, 0.1) is 16.1 Å². The van der Waals surface area contributed by atoms with Gasteiger partial charge in [-0.25, -0.2) is 4.98 Å². The second-order valence-corrected chi connectivity index (χ2v) is 8.77. The van der Waals surface area contributed by atoms with E-state index in [0.717, 1.165) is 41.7 Å². The smallest absolute Gasteiger partial charge is 0.274 e. The third-order valence-corrected chi connectivity index (χ3v) is 6.48. The van der Waals surface area contributed by atoms with Gasteiger partial charge in [0.1, 0.15) is 11.6 Å². The number of aromatic nitrogens is 1. The van der Waals surface area contributed by atoms with E-state index in [1.54, 1.807) is 0 Å². The molecular weight excluding hydrogens is 392 g/mol. The van der Waals surface area contributed by atoms with E-state index in [1.807, 2.05) is 23.1 Å². The largest absolute Gasteiger partial charge is 0.467 e. The molecule has 0 aliphatic carbocycles. The highest BCUT2D eigenvalue weighted by atomic mass is 35.5. The van der Waals surface area contributed by atoms with E-state index in [0.29, 0.717) is 16.6 Å². The Morgan fingerprint density at radius 3 is 2.79 bits per heavy atom. The van der Waals surface area contributed by atoms with Crippen molar-refractivity contribution in [2.75, 3.05) is 13.1 Å². The number of ether oxygens (including phenoxy) is 1. The van der Waals surface area contributed by atoms with Crippen LogP contribution in [0.1, 0.15) is 29.5 Å². The number of fused-ring (bicyclic) bond motifs is 1. The van der Waals surface area contributed by atoms with Crippen molar-refractivity contribution < 1.29 is 9.53 Å². The molecule has 4 rings (SSSR count). The minimum atomic E-state index is 0.0871. The lowest BCUT2D eigenvalue weighted by atomic mass is 10.0. The van der Waals surface area contributed by atoms with Crippen LogP contribution in [0.5, 0.6) is 5.19 Å². The van der Waals surface area contributed by atoms with Gasteiger partial charge in [-0.3, -0.25) is 4.79 Å². The molecule has 0 bridgehead atoms. The first kappa shape index (κ1) is 19.2. The highest BCUT2D eigenvalue weighted by Crippen LogP contribution is 2.33. The van der Waals surface area contributed by atoms with Crippen LogP contribution in [0.4, 0.5) is 0 Å². The lowest BCUT2D eigenvalue weighted by Gasteiger charge is -2.31. The van der Waals surface area contributed by atoms with Gasteiger partial charge in [0, 0.05) is 25.9 Å². The molecule has 0 atom stereocenters. The summed E-state index contributed by atoms with van der Waals surface area (Å²) in [7, 11) is 0. The van der Waals surface area contributed by atoms with Gasteiger partial charge in [-0.15, -0.1) is 0 Å². The first-order chi connectivity index (χ1) is 13.5. The van der Waals surface area contributed by atoms with Crippen LogP contribution < -0.4 is 4.74 Å². The molecule has 0 radical (unpaired) electrons. The summed E-state index contributed by atoms with van der Waals surface area (Å²) in [4.78, 5) is 19.2. The fraction of sp³-hybridized carbons (Fsp3) is 0.364. The van der Waals surface area contributed by atoms with Crippen LogP contribution >= 0.6 is 22.9 Å². The Labute approximate surface area is 174 Å². The highest BCUT2D eigenvalue weighted by Gasteiger charge is 2.25. The SMILES string of the molecule is Cc1ccc(C)c(CC(=O)N2CCC(Oc3nc4c(Cl)cccc4s3)CC2)c1. The van der Waals surface area contributed by atoms with Gasteiger partial charge < -0.3 is 9.64 Å². The molecule has 1 amide bonds. The number of benzene rings is 2. The lowest BCUT2D eigenvalue weighted by molar-refractivity contribution is -0.132. The molecule has 2 heterocycles. The molecule has 1 fully saturated rings. The molecule has 0 unspecified atom stereocenters. The zero-order chi connectivity index (χ0) is 19.7. The molecule has 28 heavy (non-hydrogen) atoms. The molecule has 1 saturated heterocycles.